The van der Waals surface area contributed by atoms with E-state index < -0.39 is 0 Å². The molecule has 0 fully saturated rings. The molecule has 7 nitrogen and oxygen atoms in total. The summed E-state index contributed by atoms with van der Waals surface area (Å²) in [5.74, 6) is 1.15. The van der Waals surface area contributed by atoms with Crippen molar-refractivity contribution in [3.8, 4) is 11.5 Å². The molecule has 0 unspecified atom stereocenters. The number of nitrogens with zero attached hydrogens (tertiary/aromatic N) is 4. The predicted octanol–water partition coefficient (Wildman–Crippen LogP) is 2.23. The Morgan fingerprint density at radius 2 is 2.08 bits per heavy atom. The van der Waals surface area contributed by atoms with Crippen LogP contribution in [-0.4, -0.2) is 27.0 Å². The number of benzene rings is 1. The molecule has 0 aliphatic carbocycles. The molecular formula is C16H16N4O3S. The minimum absolute atomic E-state index is 0.242. The number of aromatic nitrogens is 3. The van der Waals surface area contributed by atoms with Gasteiger partial charge in [0.2, 0.25) is 6.79 Å². The normalized spacial score (nSPS) is 13.9. The van der Waals surface area contributed by atoms with Crippen molar-refractivity contribution in [1.82, 2.24) is 14.3 Å². The molecule has 0 N–H and O–H groups in total. The molecule has 2 aromatic heterocycles. The van der Waals surface area contributed by atoms with Crippen molar-refractivity contribution in [2.45, 2.75) is 20.4 Å². The Kier molecular flexibility index (Phi) is 3.42. The topological polar surface area (TPSA) is 70.6 Å². The quantitative estimate of drug-likeness (QED) is 0.715. The summed E-state index contributed by atoms with van der Waals surface area (Å²) in [6.07, 6.45) is 0. The number of carbonyl (C=O) groups is 1. The Hall–Kier alpha value is -2.61. The minimum atomic E-state index is -0.292. The Balaban J connectivity index is 1.82. The molecule has 8 heteroatoms. The van der Waals surface area contributed by atoms with Crippen molar-refractivity contribution in [1.29, 1.82) is 0 Å². The summed E-state index contributed by atoms with van der Waals surface area (Å²) in [5.41, 5.74) is 2.26. The summed E-state index contributed by atoms with van der Waals surface area (Å²) in [4.78, 5) is 17.5. The monoisotopic (exact) mass is 344 g/mol. The first-order chi connectivity index (χ1) is 11.6. The zero-order valence-corrected chi connectivity index (χ0v) is 14.4. The second-order valence-corrected chi connectivity index (χ2v) is 6.53. The van der Waals surface area contributed by atoms with E-state index in [2.05, 4.69) is 10.1 Å². The lowest BCUT2D eigenvalue weighted by molar-refractivity contribution is 0.0988. The number of rotatable bonds is 2. The van der Waals surface area contributed by atoms with E-state index in [0.29, 0.717) is 22.8 Å². The van der Waals surface area contributed by atoms with Gasteiger partial charge in [-0.3, -0.25) is 9.48 Å². The lowest BCUT2D eigenvalue weighted by Crippen LogP contribution is -2.15. The largest absolute Gasteiger partial charge is 0.454 e. The molecule has 0 saturated carbocycles. The average molecular weight is 344 g/mol. The highest BCUT2D eigenvalue weighted by Crippen LogP contribution is 2.36. The van der Waals surface area contributed by atoms with Gasteiger partial charge in [0.05, 0.1) is 15.9 Å². The number of thiazole rings is 1. The summed E-state index contributed by atoms with van der Waals surface area (Å²) in [6.45, 7) is 4.69. The van der Waals surface area contributed by atoms with Crippen molar-refractivity contribution in [3.05, 3.63) is 34.4 Å². The third kappa shape index (κ3) is 2.30. The summed E-state index contributed by atoms with van der Waals surface area (Å²) in [5, 5.41) is 4.30. The highest BCUT2D eigenvalue weighted by molar-refractivity contribution is 7.16. The van der Waals surface area contributed by atoms with Crippen LogP contribution in [0.4, 0.5) is 0 Å². The summed E-state index contributed by atoms with van der Waals surface area (Å²) in [6, 6.07) is 5.60. The van der Waals surface area contributed by atoms with Crippen LogP contribution in [0.15, 0.2) is 23.2 Å². The Labute approximate surface area is 141 Å². The molecule has 1 amide bonds. The number of ether oxygens (including phenoxy) is 2. The van der Waals surface area contributed by atoms with Gasteiger partial charge in [-0.05, 0) is 19.9 Å². The van der Waals surface area contributed by atoms with Gasteiger partial charge in [0.25, 0.3) is 5.91 Å². The molecule has 1 aromatic carbocycles. The molecule has 124 valence electrons. The fourth-order valence-electron chi connectivity index (χ4n) is 2.73. The van der Waals surface area contributed by atoms with E-state index in [0.717, 1.165) is 21.7 Å². The Morgan fingerprint density at radius 1 is 1.33 bits per heavy atom. The molecular weight excluding hydrogens is 328 g/mol. The van der Waals surface area contributed by atoms with Crippen molar-refractivity contribution >= 4 is 27.5 Å². The van der Waals surface area contributed by atoms with Crippen LogP contribution >= 0.6 is 11.3 Å². The number of carbonyl (C=O) groups excluding carboxylic acids is 1. The fraction of sp³-hybridized carbons (Fsp3) is 0.312. The zero-order chi connectivity index (χ0) is 16.8. The van der Waals surface area contributed by atoms with Crippen molar-refractivity contribution in [2.24, 2.45) is 12.0 Å². The summed E-state index contributed by atoms with van der Waals surface area (Å²) in [7, 11) is 1.88. The highest BCUT2D eigenvalue weighted by Gasteiger charge is 2.17. The van der Waals surface area contributed by atoms with Crippen molar-refractivity contribution in [2.75, 3.05) is 6.79 Å². The standard InChI is InChI=1S/C16H16N4O3S/c1-4-20-11(5-9(2)18-20)15(21)17-16-19(3)10-6-12-13(23-8-22-12)7-14(10)24-16/h5-7H,4,8H2,1-3H3. The van der Waals surface area contributed by atoms with E-state index in [9.17, 15) is 4.79 Å². The van der Waals surface area contributed by atoms with Crippen LogP contribution in [0.1, 0.15) is 23.1 Å². The first kappa shape index (κ1) is 14.9. The first-order valence-corrected chi connectivity index (χ1v) is 8.41. The smallest absolute Gasteiger partial charge is 0.297 e. The minimum Gasteiger partial charge on any atom is -0.454 e. The van der Waals surface area contributed by atoms with E-state index in [-0.39, 0.29) is 12.7 Å². The number of amides is 1. The van der Waals surface area contributed by atoms with Gasteiger partial charge in [0, 0.05) is 25.7 Å². The average Bonchev–Trinajstić information content (AvgIpc) is 3.24. The first-order valence-electron chi connectivity index (χ1n) is 7.59. The predicted molar refractivity (Wildman–Crippen MR) is 89.5 cm³/mol. The molecule has 24 heavy (non-hydrogen) atoms. The molecule has 0 bridgehead atoms. The molecule has 1 aliphatic rings. The van der Waals surface area contributed by atoms with E-state index in [4.69, 9.17) is 9.47 Å². The summed E-state index contributed by atoms with van der Waals surface area (Å²) >= 11 is 1.44. The molecule has 0 spiro atoms. The van der Waals surface area contributed by atoms with Crippen LogP contribution in [0.2, 0.25) is 0 Å². The molecule has 1 aliphatic heterocycles. The van der Waals surface area contributed by atoms with Gasteiger partial charge in [-0.1, -0.05) is 11.3 Å². The van der Waals surface area contributed by atoms with E-state index in [1.165, 1.54) is 11.3 Å². The van der Waals surface area contributed by atoms with Crippen LogP contribution < -0.4 is 14.3 Å². The van der Waals surface area contributed by atoms with Crippen LogP contribution in [0.25, 0.3) is 10.2 Å². The zero-order valence-electron chi connectivity index (χ0n) is 13.6. The van der Waals surface area contributed by atoms with E-state index >= 15 is 0 Å². The van der Waals surface area contributed by atoms with Gasteiger partial charge in [-0.25, -0.2) is 0 Å². The number of hydrogen-bond donors (Lipinski definition) is 0. The van der Waals surface area contributed by atoms with Crippen LogP contribution in [0.5, 0.6) is 11.5 Å². The second-order valence-electron chi connectivity index (χ2n) is 5.52. The van der Waals surface area contributed by atoms with E-state index in [1.807, 2.05) is 37.6 Å². The molecule has 0 radical (unpaired) electrons. The maximum atomic E-state index is 12.6. The van der Waals surface area contributed by atoms with Crippen molar-refractivity contribution < 1.29 is 14.3 Å². The lowest BCUT2D eigenvalue weighted by atomic mass is 10.3. The highest BCUT2D eigenvalue weighted by atomic mass is 32.1. The third-order valence-corrected chi connectivity index (χ3v) is 5.02. The SMILES string of the molecule is CCn1nc(C)cc1C(=O)N=c1sc2cc3c(cc2n1C)OCO3. The van der Waals surface area contributed by atoms with Crippen LogP contribution in [-0.2, 0) is 13.6 Å². The van der Waals surface area contributed by atoms with Gasteiger partial charge < -0.3 is 14.0 Å². The van der Waals surface area contributed by atoms with Gasteiger partial charge >= 0.3 is 0 Å². The Morgan fingerprint density at radius 3 is 2.83 bits per heavy atom. The fourth-order valence-corrected chi connectivity index (χ4v) is 3.75. The van der Waals surface area contributed by atoms with E-state index in [1.54, 1.807) is 10.7 Å². The maximum Gasteiger partial charge on any atom is 0.297 e. The number of aryl methyl sites for hydroxylation is 3. The molecule has 0 saturated heterocycles. The van der Waals surface area contributed by atoms with Crippen molar-refractivity contribution in [3.63, 3.8) is 0 Å². The lowest BCUT2D eigenvalue weighted by Gasteiger charge is -2.00. The second kappa shape index (κ2) is 5.48. The van der Waals surface area contributed by atoms with Crippen LogP contribution in [0.3, 0.4) is 0 Å². The summed E-state index contributed by atoms with van der Waals surface area (Å²) < 4.78 is 15.4. The van der Waals surface area contributed by atoms with Gasteiger partial charge in [0.1, 0.15) is 5.69 Å². The van der Waals surface area contributed by atoms with Gasteiger partial charge in [-0.15, -0.1) is 0 Å². The number of fused-ring (bicyclic) bond motifs is 2. The molecule has 3 aromatic rings. The molecule has 3 heterocycles. The Bertz CT molecular complexity index is 1030. The third-order valence-electron chi connectivity index (χ3n) is 3.92. The van der Waals surface area contributed by atoms with Crippen LogP contribution in [0, 0.1) is 6.92 Å². The van der Waals surface area contributed by atoms with Gasteiger partial charge in [-0.2, -0.15) is 10.1 Å². The maximum absolute atomic E-state index is 12.6. The number of hydrogen-bond acceptors (Lipinski definition) is 5. The van der Waals surface area contributed by atoms with Gasteiger partial charge in [0.15, 0.2) is 16.3 Å². The molecule has 0 atom stereocenters. The molecule has 4 rings (SSSR count).